The van der Waals surface area contributed by atoms with Crippen molar-refractivity contribution in [2.24, 2.45) is 0 Å². The number of rotatable bonds is 8. The fraction of sp³-hybridized carbons (Fsp3) is 0.316. The molecule has 0 fully saturated rings. The van der Waals surface area contributed by atoms with Crippen LogP contribution in [-0.2, 0) is 16.1 Å². The molecule has 2 rings (SSSR count). The van der Waals surface area contributed by atoms with E-state index in [1.54, 1.807) is 0 Å². The SMILES string of the molecule is C[Si](C)(C(=O)CCCOCc1ccccc1)c1ccccc1. The molecule has 2 nitrogen and oxygen atoms in total. The maximum absolute atomic E-state index is 12.5. The van der Waals surface area contributed by atoms with Gasteiger partial charge >= 0.3 is 0 Å². The van der Waals surface area contributed by atoms with Gasteiger partial charge in [-0.05, 0) is 12.0 Å². The minimum Gasteiger partial charge on any atom is -0.377 e. The Labute approximate surface area is 134 Å². The fourth-order valence-corrected chi connectivity index (χ4v) is 4.58. The quantitative estimate of drug-likeness (QED) is 0.549. The van der Waals surface area contributed by atoms with Crippen LogP contribution >= 0.6 is 0 Å². The average molecular weight is 312 g/mol. The van der Waals surface area contributed by atoms with Crippen molar-refractivity contribution in [2.75, 3.05) is 6.61 Å². The van der Waals surface area contributed by atoms with E-state index in [4.69, 9.17) is 4.74 Å². The van der Waals surface area contributed by atoms with Gasteiger partial charge in [-0.3, -0.25) is 0 Å². The van der Waals surface area contributed by atoms with Gasteiger partial charge in [-0.2, -0.15) is 0 Å². The fourth-order valence-electron chi connectivity index (χ4n) is 2.43. The van der Waals surface area contributed by atoms with Gasteiger partial charge < -0.3 is 9.53 Å². The molecule has 0 N–H and O–H groups in total. The molecule has 116 valence electrons. The van der Waals surface area contributed by atoms with Crippen LogP contribution in [0.25, 0.3) is 0 Å². The normalized spacial score (nSPS) is 11.4. The molecule has 0 aliphatic carbocycles. The van der Waals surface area contributed by atoms with Crippen molar-refractivity contribution in [2.45, 2.75) is 32.5 Å². The van der Waals surface area contributed by atoms with Crippen molar-refractivity contribution in [1.82, 2.24) is 0 Å². The predicted molar refractivity (Wildman–Crippen MR) is 93.9 cm³/mol. The van der Waals surface area contributed by atoms with Crippen LogP contribution in [-0.4, -0.2) is 20.1 Å². The summed E-state index contributed by atoms with van der Waals surface area (Å²) in [5.41, 5.74) is 1.17. The second-order valence-corrected chi connectivity index (χ2v) is 10.4. The molecular formula is C19H24O2Si. The van der Waals surface area contributed by atoms with Gasteiger partial charge in [0, 0.05) is 13.0 Å². The first kappa shape index (κ1) is 16.7. The van der Waals surface area contributed by atoms with Crippen molar-refractivity contribution in [3.05, 3.63) is 66.2 Å². The van der Waals surface area contributed by atoms with E-state index >= 15 is 0 Å². The Balaban J connectivity index is 1.73. The van der Waals surface area contributed by atoms with Gasteiger partial charge in [-0.25, -0.2) is 0 Å². The molecule has 3 heteroatoms. The summed E-state index contributed by atoms with van der Waals surface area (Å²) in [6.45, 7) is 5.53. The van der Waals surface area contributed by atoms with Gasteiger partial charge in [-0.15, -0.1) is 0 Å². The smallest absolute Gasteiger partial charge is 0.157 e. The van der Waals surface area contributed by atoms with Crippen LogP contribution in [0.1, 0.15) is 18.4 Å². The zero-order chi connectivity index (χ0) is 15.8. The molecule has 22 heavy (non-hydrogen) atoms. The van der Waals surface area contributed by atoms with E-state index in [1.165, 1.54) is 10.8 Å². The lowest BCUT2D eigenvalue weighted by molar-refractivity contribution is -0.112. The highest BCUT2D eigenvalue weighted by Crippen LogP contribution is 2.09. The minimum absolute atomic E-state index is 0.405. The van der Waals surface area contributed by atoms with Crippen molar-refractivity contribution < 1.29 is 9.53 Å². The summed E-state index contributed by atoms with van der Waals surface area (Å²) < 4.78 is 5.65. The lowest BCUT2D eigenvalue weighted by Gasteiger charge is -2.21. The van der Waals surface area contributed by atoms with Crippen LogP contribution in [0, 0.1) is 0 Å². The number of benzene rings is 2. The molecular weight excluding hydrogens is 288 g/mol. The van der Waals surface area contributed by atoms with Crippen LogP contribution < -0.4 is 5.19 Å². The average Bonchev–Trinajstić information content (AvgIpc) is 2.56. The summed E-state index contributed by atoms with van der Waals surface area (Å²) in [6.07, 6.45) is 1.41. The zero-order valence-corrected chi connectivity index (χ0v) is 14.4. The first-order valence-electron chi connectivity index (χ1n) is 7.81. The van der Waals surface area contributed by atoms with E-state index in [0.717, 1.165) is 6.42 Å². The molecule has 2 aromatic carbocycles. The molecule has 0 saturated carbocycles. The third-order valence-electron chi connectivity index (χ3n) is 4.00. The Kier molecular flexibility index (Phi) is 6.10. The van der Waals surface area contributed by atoms with Gasteiger partial charge in [0.05, 0.1) is 6.61 Å². The third-order valence-corrected chi connectivity index (χ3v) is 7.42. The Morgan fingerprint density at radius 1 is 0.955 bits per heavy atom. The lowest BCUT2D eigenvalue weighted by atomic mass is 10.2. The number of hydrogen-bond acceptors (Lipinski definition) is 2. The highest BCUT2D eigenvalue weighted by atomic mass is 28.3. The van der Waals surface area contributed by atoms with Crippen molar-refractivity contribution >= 4 is 18.7 Å². The maximum Gasteiger partial charge on any atom is 0.157 e. The highest BCUT2D eigenvalue weighted by Gasteiger charge is 2.31. The Bertz CT molecular complexity index is 579. The highest BCUT2D eigenvalue weighted by molar-refractivity contribution is 7.13. The first-order valence-corrected chi connectivity index (χ1v) is 10.8. The molecule has 2 aromatic rings. The second kappa shape index (κ2) is 8.06. The molecule has 0 heterocycles. The summed E-state index contributed by atoms with van der Waals surface area (Å²) in [5.74, 6) is 0. The summed E-state index contributed by atoms with van der Waals surface area (Å²) in [7, 11) is -2.00. The Morgan fingerprint density at radius 3 is 2.18 bits per heavy atom. The number of hydrogen-bond donors (Lipinski definition) is 0. The van der Waals surface area contributed by atoms with Crippen LogP contribution in [0.15, 0.2) is 60.7 Å². The molecule has 0 atom stereocenters. The summed E-state index contributed by atoms with van der Waals surface area (Å²) in [6, 6.07) is 20.3. The largest absolute Gasteiger partial charge is 0.377 e. The summed E-state index contributed by atoms with van der Waals surface area (Å²) in [4.78, 5) is 12.5. The van der Waals surface area contributed by atoms with E-state index in [9.17, 15) is 4.79 Å². The van der Waals surface area contributed by atoms with E-state index in [0.29, 0.717) is 25.0 Å². The van der Waals surface area contributed by atoms with Gasteiger partial charge in [0.25, 0.3) is 0 Å². The van der Waals surface area contributed by atoms with Gasteiger partial charge in [-0.1, -0.05) is 78.9 Å². The number of carbonyl (C=O) groups excluding carboxylic acids is 1. The van der Waals surface area contributed by atoms with Crippen molar-refractivity contribution in [3.8, 4) is 0 Å². The molecule has 0 radical (unpaired) electrons. The van der Waals surface area contributed by atoms with Crippen LogP contribution in [0.2, 0.25) is 13.1 Å². The van der Waals surface area contributed by atoms with E-state index in [1.807, 2.05) is 36.4 Å². The van der Waals surface area contributed by atoms with Gasteiger partial charge in [0.1, 0.15) is 5.41 Å². The Morgan fingerprint density at radius 2 is 1.55 bits per heavy atom. The molecule has 0 unspecified atom stereocenters. The Hall–Kier alpha value is -1.71. The molecule has 0 bridgehead atoms. The van der Waals surface area contributed by atoms with E-state index in [2.05, 4.69) is 37.4 Å². The lowest BCUT2D eigenvalue weighted by Crippen LogP contribution is -2.49. The molecule has 0 spiro atoms. The molecule has 0 aromatic heterocycles. The second-order valence-electron chi connectivity index (χ2n) is 6.06. The minimum atomic E-state index is -2.00. The van der Waals surface area contributed by atoms with Gasteiger partial charge in [0.2, 0.25) is 0 Å². The zero-order valence-electron chi connectivity index (χ0n) is 13.4. The molecule has 0 amide bonds. The number of carbonyl (C=O) groups is 1. The maximum atomic E-state index is 12.5. The standard InChI is InChI=1S/C19H24O2Si/c1-22(2,18-12-7-4-8-13-18)19(20)14-9-15-21-16-17-10-5-3-6-11-17/h3-8,10-13H,9,14-16H2,1-2H3. The molecule has 0 aliphatic heterocycles. The van der Waals surface area contributed by atoms with Crippen LogP contribution in [0.5, 0.6) is 0 Å². The summed E-state index contributed by atoms with van der Waals surface area (Å²) in [5, 5.41) is 1.62. The first-order chi connectivity index (χ1) is 10.6. The molecule has 0 aliphatic rings. The monoisotopic (exact) mass is 312 g/mol. The van der Waals surface area contributed by atoms with Crippen LogP contribution in [0.4, 0.5) is 0 Å². The van der Waals surface area contributed by atoms with Crippen molar-refractivity contribution in [3.63, 3.8) is 0 Å². The molecule has 0 saturated heterocycles. The van der Waals surface area contributed by atoms with Crippen molar-refractivity contribution in [1.29, 1.82) is 0 Å². The number of ether oxygens (including phenoxy) is 1. The van der Waals surface area contributed by atoms with Crippen LogP contribution in [0.3, 0.4) is 0 Å². The van der Waals surface area contributed by atoms with E-state index < -0.39 is 8.07 Å². The topological polar surface area (TPSA) is 26.3 Å². The predicted octanol–water partition coefficient (Wildman–Crippen LogP) is 3.71. The summed E-state index contributed by atoms with van der Waals surface area (Å²) >= 11 is 0. The third kappa shape index (κ3) is 4.65. The van der Waals surface area contributed by atoms with E-state index in [-0.39, 0.29) is 0 Å². The van der Waals surface area contributed by atoms with Gasteiger partial charge in [0.15, 0.2) is 8.07 Å².